The Balaban J connectivity index is 1.77. The SMILES string of the molecule is COc1ccc(Cl)cc1C(=O)NC[C@@H](c1ccc(F)cc1)N1CCN(C)CC1. The van der Waals surface area contributed by atoms with E-state index in [0.717, 1.165) is 31.7 Å². The summed E-state index contributed by atoms with van der Waals surface area (Å²) in [6.07, 6.45) is 0. The van der Waals surface area contributed by atoms with Gasteiger partial charge in [-0.05, 0) is 42.9 Å². The molecule has 2 aromatic rings. The number of nitrogens with one attached hydrogen (secondary N) is 1. The predicted molar refractivity (Wildman–Crippen MR) is 109 cm³/mol. The zero-order chi connectivity index (χ0) is 20.1. The van der Waals surface area contributed by atoms with Crippen LogP contribution in [0.15, 0.2) is 42.5 Å². The van der Waals surface area contributed by atoms with Crippen LogP contribution in [0.25, 0.3) is 0 Å². The standard InChI is InChI=1S/C21H25ClFN3O2/c1-25-9-11-26(12-10-25)19(15-3-6-17(23)7-4-15)14-24-21(27)18-13-16(22)5-8-20(18)28-2/h3-8,13,19H,9-12,14H2,1-2H3,(H,24,27)/t19-/m0/s1. The zero-order valence-corrected chi connectivity index (χ0v) is 16.9. The number of piperazine rings is 1. The smallest absolute Gasteiger partial charge is 0.255 e. The average molecular weight is 406 g/mol. The molecule has 1 aliphatic heterocycles. The Bertz CT molecular complexity index is 808. The van der Waals surface area contributed by atoms with Crippen LogP contribution < -0.4 is 10.1 Å². The maximum atomic E-state index is 13.4. The van der Waals surface area contributed by atoms with Gasteiger partial charge in [-0.25, -0.2) is 4.39 Å². The monoisotopic (exact) mass is 405 g/mol. The highest BCUT2D eigenvalue weighted by atomic mass is 35.5. The van der Waals surface area contributed by atoms with E-state index in [4.69, 9.17) is 16.3 Å². The topological polar surface area (TPSA) is 44.8 Å². The minimum absolute atomic E-state index is 0.0385. The molecule has 1 saturated heterocycles. The molecule has 150 valence electrons. The molecule has 0 saturated carbocycles. The van der Waals surface area contributed by atoms with Gasteiger partial charge in [0.25, 0.3) is 5.91 Å². The van der Waals surface area contributed by atoms with Crippen molar-refractivity contribution in [2.24, 2.45) is 0 Å². The van der Waals surface area contributed by atoms with E-state index in [1.165, 1.54) is 19.2 Å². The Hall–Kier alpha value is -2.15. The molecule has 1 fully saturated rings. The van der Waals surface area contributed by atoms with E-state index in [0.29, 0.717) is 22.9 Å². The molecule has 1 aliphatic rings. The number of rotatable bonds is 6. The van der Waals surface area contributed by atoms with Crippen molar-refractivity contribution in [2.75, 3.05) is 46.9 Å². The van der Waals surface area contributed by atoms with Gasteiger partial charge in [0.1, 0.15) is 11.6 Å². The molecule has 1 N–H and O–H groups in total. The molecular formula is C21H25ClFN3O2. The molecule has 0 unspecified atom stereocenters. The summed E-state index contributed by atoms with van der Waals surface area (Å²) in [5.41, 5.74) is 1.37. The summed E-state index contributed by atoms with van der Waals surface area (Å²) in [6, 6.07) is 11.4. The summed E-state index contributed by atoms with van der Waals surface area (Å²) >= 11 is 6.04. The first-order valence-electron chi connectivity index (χ1n) is 9.27. The summed E-state index contributed by atoms with van der Waals surface area (Å²) in [4.78, 5) is 17.4. The van der Waals surface area contributed by atoms with Crippen LogP contribution in [-0.4, -0.2) is 62.6 Å². The molecule has 7 heteroatoms. The molecule has 0 aromatic heterocycles. The molecule has 1 amide bonds. The molecule has 1 atom stereocenters. The second-order valence-electron chi connectivity index (χ2n) is 6.96. The van der Waals surface area contributed by atoms with Crippen LogP contribution in [-0.2, 0) is 0 Å². The molecular weight excluding hydrogens is 381 g/mol. The minimum atomic E-state index is -0.270. The third-order valence-corrected chi connectivity index (χ3v) is 5.33. The molecule has 0 bridgehead atoms. The fourth-order valence-corrected chi connectivity index (χ4v) is 3.59. The minimum Gasteiger partial charge on any atom is -0.496 e. The van der Waals surface area contributed by atoms with Crippen molar-refractivity contribution in [1.29, 1.82) is 0 Å². The fraction of sp³-hybridized carbons (Fsp3) is 0.381. The van der Waals surface area contributed by atoms with Gasteiger partial charge in [0, 0.05) is 37.7 Å². The number of halogens is 2. The van der Waals surface area contributed by atoms with Crippen LogP contribution in [0.5, 0.6) is 5.75 Å². The third kappa shape index (κ3) is 5.01. The number of carbonyl (C=O) groups excluding carboxylic acids is 1. The third-order valence-electron chi connectivity index (χ3n) is 5.10. The number of hydrogen-bond acceptors (Lipinski definition) is 4. The predicted octanol–water partition coefficient (Wildman–Crippen LogP) is 3.21. The first-order chi connectivity index (χ1) is 13.5. The average Bonchev–Trinajstić information content (AvgIpc) is 2.70. The molecule has 5 nitrogen and oxygen atoms in total. The molecule has 3 rings (SSSR count). The first-order valence-corrected chi connectivity index (χ1v) is 9.65. The van der Waals surface area contributed by atoms with Crippen molar-refractivity contribution in [2.45, 2.75) is 6.04 Å². The van der Waals surface area contributed by atoms with Crippen molar-refractivity contribution in [3.05, 3.63) is 64.4 Å². The van der Waals surface area contributed by atoms with Crippen molar-refractivity contribution in [3.63, 3.8) is 0 Å². The Morgan fingerprint density at radius 2 is 1.86 bits per heavy atom. The lowest BCUT2D eigenvalue weighted by molar-refractivity contribution is 0.0883. The van der Waals surface area contributed by atoms with Gasteiger partial charge in [0.15, 0.2) is 0 Å². The fourth-order valence-electron chi connectivity index (χ4n) is 3.42. The maximum absolute atomic E-state index is 13.4. The summed E-state index contributed by atoms with van der Waals surface area (Å²) in [7, 11) is 3.61. The highest BCUT2D eigenvalue weighted by Gasteiger charge is 2.25. The number of benzene rings is 2. The number of likely N-dealkylation sites (N-methyl/N-ethyl adjacent to an activating group) is 1. The molecule has 2 aromatic carbocycles. The first kappa shape index (κ1) is 20.6. The lowest BCUT2D eigenvalue weighted by Crippen LogP contribution is -2.48. The Kier molecular flexibility index (Phi) is 6.88. The highest BCUT2D eigenvalue weighted by molar-refractivity contribution is 6.31. The van der Waals surface area contributed by atoms with Crippen LogP contribution >= 0.6 is 11.6 Å². The zero-order valence-electron chi connectivity index (χ0n) is 16.1. The molecule has 0 aliphatic carbocycles. The highest BCUT2D eigenvalue weighted by Crippen LogP contribution is 2.24. The van der Waals surface area contributed by atoms with Gasteiger partial charge >= 0.3 is 0 Å². The van der Waals surface area contributed by atoms with Crippen molar-refractivity contribution >= 4 is 17.5 Å². The van der Waals surface area contributed by atoms with Gasteiger partial charge in [0.2, 0.25) is 0 Å². The molecule has 28 heavy (non-hydrogen) atoms. The number of carbonyl (C=O) groups is 1. The van der Waals surface area contributed by atoms with Crippen LogP contribution in [0, 0.1) is 5.82 Å². The van der Waals surface area contributed by atoms with E-state index in [2.05, 4.69) is 22.2 Å². The van der Waals surface area contributed by atoms with E-state index in [-0.39, 0.29) is 17.8 Å². The number of amides is 1. The van der Waals surface area contributed by atoms with Gasteiger partial charge < -0.3 is 15.0 Å². The van der Waals surface area contributed by atoms with E-state index < -0.39 is 0 Å². The van der Waals surface area contributed by atoms with Crippen LogP contribution in [0.2, 0.25) is 5.02 Å². The Labute approximate surface area is 170 Å². The number of hydrogen-bond donors (Lipinski definition) is 1. The lowest BCUT2D eigenvalue weighted by atomic mass is 10.0. The number of methoxy groups -OCH3 is 1. The van der Waals surface area contributed by atoms with Crippen molar-refractivity contribution in [3.8, 4) is 5.75 Å². The lowest BCUT2D eigenvalue weighted by Gasteiger charge is -2.38. The van der Waals surface area contributed by atoms with Gasteiger partial charge in [-0.3, -0.25) is 9.69 Å². The Morgan fingerprint density at radius 3 is 2.50 bits per heavy atom. The van der Waals surface area contributed by atoms with E-state index >= 15 is 0 Å². The van der Waals surface area contributed by atoms with Crippen LogP contribution in [0.1, 0.15) is 22.0 Å². The summed E-state index contributed by atoms with van der Waals surface area (Å²) in [6.45, 7) is 4.08. The number of nitrogens with zero attached hydrogens (tertiary/aromatic N) is 2. The van der Waals surface area contributed by atoms with Crippen molar-refractivity contribution in [1.82, 2.24) is 15.1 Å². The summed E-state index contributed by atoms with van der Waals surface area (Å²) in [5, 5.41) is 3.47. The van der Waals surface area contributed by atoms with E-state index in [1.807, 2.05) is 0 Å². The van der Waals surface area contributed by atoms with Crippen LogP contribution in [0.3, 0.4) is 0 Å². The van der Waals surface area contributed by atoms with Gasteiger partial charge in [-0.2, -0.15) is 0 Å². The summed E-state index contributed by atoms with van der Waals surface area (Å²) < 4.78 is 18.7. The Morgan fingerprint density at radius 1 is 1.18 bits per heavy atom. The van der Waals surface area contributed by atoms with Crippen molar-refractivity contribution < 1.29 is 13.9 Å². The van der Waals surface area contributed by atoms with E-state index in [1.54, 1.807) is 30.3 Å². The summed E-state index contributed by atoms with van der Waals surface area (Å²) in [5.74, 6) is -0.0472. The van der Waals surface area contributed by atoms with Gasteiger partial charge in [-0.15, -0.1) is 0 Å². The number of ether oxygens (including phenoxy) is 1. The van der Waals surface area contributed by atoms with Gasteiger partial charge in [0.05, 0.1) is 18.7 Å². The van der Waals surface area contributed by atoms with Crippen LogP contribution in [0.4, 0.5) is 4.39 Å². The largest absolute Gasteiger partial charge is 0.496 e. The quantitative estimate of drug-likeness (QED) is 0.801. The second kappa shape index (κ2) is 9.37. The van der Waals surface area contributed by atoms with Gasteiger partial charge in [-0.1, -0.05) is 23.7 Å². The molecule has 0 radical (unpaired) electrons. The molecule has 0 spiro atoms. The second-order valence-corrected chi connectivity index (χ2v) is 7.40. The normalized spacial score (nSPS) is 16.6. The maximum Gasteiger partial charge on any atom is 0.255 e. The molecule has 1 heterocycles. The van der Waals surface area contributed by atoms with E-state index in [9.17, 15) is 9.18 Å².